The quantitative estimate of drug-likeness (QED) is 0.650. The second-order valence-corrected chi connectivity index (χ2v) is 7.32. The van der Waals surface area contributed by atoms with E-state index in [1.165, 1.54) is 25.7 Å². The van der Waals surface area contributed by atoms with Crippen molar-refractivity contribution < 1.29 is 9.32 Å². The summed E-state index contributed by atoms with van der Waals surface area (Å²) < 4.78 is 5.40. The van der Waals surface area contributed by atoms with E-state index in [-0.39, 0.29) is 5.91 Å². The van der Waals surface area contributed by atoms with Gasteiger partial charge in [-0.05, 0) is 36.1 Å². The van der Waals surface area contributed by atoms with Crippen LogP contribution in [0.15, 0.2) is 53.3 Å². The van der Waals surface area contributed by atoms with Gasteiger partial charge in [-0.15, -0.1) is 0 Å². The van der Waals surface area contributed by atoms with Gasteiger partial charge in [0.05, 0.1) is 6.42 Å². The summed E-state index contributed by atoms with van der Waals surface area (Å²) in [7, 11) is 0. The molecule has 1 aliphatic carbocycles. The Bertz CT molecular complexity index is 917. The van der Waals surface area contributed by atoms with Crippen LogP contribution in [0.2, 0.25) is 0 Å². The molecule has 0 bridgehead atoms. The maximum Gasteiger partial charge on any atom is 0.231 e. The van der Waals surface area contributed by atoms with E-state index in [9.17, 15) is 4.79 Å². The number of para-hydroxylation sites is 1. The first-order chi connectivity index (χ1) is 13.8. The predicted octanol–water partition coefficient (Wildman–Crippen LogP) is 4.63. The Hall–Kier alpha value is -3.02. The fourth-order valence-electron chi connectivity index (χ4n) is 3.75. The van der Waals surface area contributed by atoms with Gasteiger partial charge in [-0.3, -0.25) is 9.78 Å². The molecule has 0 radical (unpaired) electrons. The summed E-state index contributed by atoms with van der Waals surface area (Å²) in [5.41, 5.74) is 2.63. The lowest BCUT2D eigenvalue weighted by atomic mass is 10.0. The largest absolute Gasteiger partial charge is 0.339 e. The first kappa shape index (κ1) is 18.3. The van der Waals surface area contributed by atoms with Crippen LogP contribution in [-0.2, 0) is 11.2 Å². The van der Waals surface area contributed by atoms with Crippen molar-refractivity contribution in [2.45, 2.75) is 44.9 Å². The fraction of sp³-hybridized carbons (Fsp3) is 0.364. The number of anilines is 1. The summed E-state index contributed by atoms with van der Waals surface area (Å²) in [6, 6.07) is 11.4. The number of nitrogens with zero attached hydrogens (tertiary/aromatic N) is 3. The van der Waals surface area contributed by atoms with Gasteiger partial charge in [-0.25, -0.2) is 0 Å². The molecule has 1 saturated carbocycles. The Morgan fingerprint density at radius 3 is 2.71 bits per heavy atom. The van der Waals surface area contributed by atoms with Gasteiger partial charge in [0.1, 0.15) is 0 Å². The molecule has 3 aromatic rings. The van der Waals surface area contributed by atoms with E-state index in [4.69, 9.17) is 4.52 Å². The average molecular weight is 376 g/mol. The number of rotatable bonds is 7. The monoisotopic (exact) mass is 376 g/mol. The van der Waals surface area contributed by atoms with Crippen LogP contribution in [0.1, 0.15) is 50.0 Å². The molecule has 2 heterocycles. The molecule has 1 amide bonds. The molecule has 0 aliphatic heterocycles. The number of aromatic nitrogens is 3. The first-order valence-electron chi connectivity index (χ1n) is 9.88. The van der Waals surface area contributed by atoms with E-state index < -0.39 is 0 Å². The molecule has 1 fully saturated rings. The molecule has 1 aliphatic rings. The van der Waals surface area contributed by atoms with Crippen molar-refractivity contribution in [2.24, 2.45) is 5.92 Å². The van der Waals surface area contributed by atoms with Gasteiger partial charge in [0.2, 0.25) is 17.6 Å². The summed E-state index contributed by atoms with van der Waals surface area (Å²) in [4.78, 5) is 20.9. The smallest absolute Gasteiger partial charge is 0.231 e. The zero-order valence-electron chi connectivity index (χ0n) is 15.8. The molecule has 0 spiro atoms. The zero-order chi connectivity index (χ0) is 19.2. The Morgan fingerprint density at radius 1 is 1.11 bits per heavy atom. The van der Waals surface area contributed by atoms with Crippen LogP contribution in [0.3, 0.4) is 0 Å². The Balaban J connectivity index is 1.40. The van der Waals surface area contributed by atoms with E-state index in [0.717, 1.165) is 23.2 Å². The van der Waals surface area contributed by atoms with Crippen LogP contribution in [-0.4, -0.2) is 21.0 Å². The molecule has 2 aromatic heterocycles. The van der Waals surface area contributed by atoms with Crippen LogP contribution in [0.4, 0.5) is 5.69 Å². The third kappa shape index (κ3) is 4.63. The van der Waals surface area contributed by atoms with Crippen molar-refractivity contribution in [1.82, 2.24) is 15.1 Å². The van der Waals surface area contributed by atoms with E-state index >= 15 is 0 Å². The Labute approximate surface area is 164 Å². The van der Waals surface area contributed by atoms with Crippen LogP contribution >= 0.6 is 0 Å². The number of carbonyl (C=O) groups is 1. The van der Waals surface area contributed by atoms with Crippen LogP contribution in [0.25, 0.3) is 11.4 Å². The lowest BCUT2D eigenvalue weighted by molar-refractivity contribution is -0.116. The lowest BCUT2D eigenvalue weighted by Gasteiger charge is -2.11. The average Bonchev–Trinajstić information content (AvgIpc) is 3.41. The maximum atomic E-state index is 12.4. The Morgan fingerprint density at radius 2 is 1.89 bits per heavy atom. The van der Waals surface area contributed by atoms with E-state index in [1.54, 1.807) is 12.4 Å². The van der Waals surface area contributed by atoms with Gasteiger partial charge in [-0.1, -0.05) is 49.0 Å². The third-order valence-electron chi connectivity index (χ3n) is 5.29. The van der Waals surface area contributed by atoms with E-state index in [2.05, 4.69) is 20.4 Å². The van der Waals surface area contributed by atoms with Crippen molar-refractivity contribution in [3.8, 4) is 11.4 Å². The molecule has 144 valence electrons. The second kappa shape index (κ2) is 8.78. The number of amides is 1. The minimum absolute atomic E-state index is 0.0716. The van der Waals surface area contributed by atoms with Crippen LogP contribution in [0, 0.1) is 5.92 Å². The number of nitrogens with one attached hydrogen (secondary N) is 1. The summed E-state index contributed by atoms with van der Waals surface area (Å²) >= 11 is 0. The van der Waals surface area contributed by atoms with Gasteiger partial charge >= 0.3 is 0 Å². The molecule has 0 unspecified atom stereocenters. The molecule has 6 heteroatoms. The number of hydrogen-bond donors (Lipinski definition) is 1. The molecule has 1 N–H and O–H groups in total. The van der Waals surface area contributed by atoms with Crippen LogP contribution < -0.4 is 5.32 Å². The summed E-state index contributed by atoms with van der Waals surface area (Å²) in [5, 5.41) is 7.10. The SMILES string of the molecule is O=C(CCC1CCCC1)Nc1ccccc1Cc1nc(-c2ccncc2)no1. The van der Waals surface area contributed by atoms with Gasteiger partial charge in [0, 0.05) is 30.1 Å². The molecule has 0 saturated heterocycles. The van der Waals surface area contributed by atoms with Gasteiger partial charge in [-0.2, -0.15) is 4.98 Å². The van der Waals surface area contributed by atoms with Gasteiger partial charge < -0.3 is 9.84 Å². The maximum absolute atomic E-state index is 12.4. The number of benzene rings is 1. The van der Waals surface area contributed by atoms with E-state index in [0.29, 0.717) is 30.5 Å². The molecule has 4 rings (SSSR count). The zero-order valence-corrected chi connectivity index (χ0v) is 15.8. The highest BCUT2D eigenvalue weighted by molar-refractivity contribution is 5.91. The number of pyridine rings is 1. The minimum atomic E-state index is 0.0716. The number of hydrogen-bond acceptors (Lipinski definition) is 5. The van der Waals surface area contributed by atoms with Crippen molar-refractivity contribution in [1.29, 1.82) is 0 Å². The standard InChI is InChI=1S/C22H24N4O2/c27-20(10-9-16-5-1-2-6-16)24-19-8-4-3-7-18(19)15-21-25-22(26-28-21)17-11-13-23-14-12-17/h3-4,7-8,11-14,16H,1-2,5-6,9-10,15H2,(H,24,27). The molecular weight excluding hydrogens is 352 g/mol. The predicted molar refractivity (Wildman–Crippen MR) is 107 cm³/mol. The highest BCUT2D eigenvalue weighted by atomic mass is 16.5. The molecule has 0 atom stereocenters. The highest BCUT2D eigenvalue weighted by Crippen LogP contribution is 2.29. The van der Waals surface area contributed by atoms with Gasteiger partial charge in [0.25, 0.3) is 0 Å². The van der Waals surface area contributed by atoms with Gasteiger partial charge in [0.15, 0.2) is 0 Å². The van der Waals surface area contributed by atoms with Crippen molar-refractivity contribution in [3.05, 3.63) is 60.2 Å². The molecular formula is C22H24N4O2. The topological polar surface area (TPSA) is 80.9 Å². The summed E-state index contributed by atoms with van der Waals surface area (Å²) in [6.07, 6.45) is 10.6. The Kier molecular flexibility index (Phi) is 5.75. The minimum Gasteiger partial charge on any atom is -0.339 e. The van der Waals surface area contributed by atoms with Crippen molar-refractivity contribution in [3.63, 3.8) is 0 Å². The van der Waals surface area contributed by atoms with Crippen LogP contribution in [0.5, 0.6) is 0 Å². The molecule has 6 nitrogen and oxygen atoms in total. The summed E-state index contributed by atoms with van der Waals surface area (Å²) in [5.74, 6) is 1.84. The van der Waals surface area contributed by atoms with Crippen molar-refractivity contribution >= 4 is 11.6 Å². The van der Waals surface area contributed by atoms with E-state index in [1.807, 2.05) is 36.4 Å². The molecule has 28 heavy (non-hydrogen) atoms. The molecule has 1 aromatic carbocycles. The first-order valence-corrected chi connectivity index (χ1v) is 9.88. The summed E-state index contributed by atoms with van der Waals surface area (Å²) in [6.45, 7) is 0. The van der Waals surface area contributed by atoms with Crippen molar-refractivity contribution in [2.75, 3.05) is 5.32 Å². The highest BCUT2D eigenvalue weighted by Gasteiger charge is 2.17. The lowest BCUT2D eigenvalue weighted by Crippen LogP contribution is -2.14. The fourth-order valence-corrected chi connectivity index (χ4v) is 3.75. The number of carbonyl (C=O) groups excluding carboxylic acids is 1. The normalized spacial score (nSPS) is 14.3. The third-order valence-corrected chi connectivity index (χ3v) is 5.29. The second-order valence-electron chi connectivity index (χ2n) is 7.32.